The molecule has 94 valence electrons. The van der Waals surface area contributed by atoms with Gasteiger partial charge in [0.15, 0.2) is 0 Å². The Morgan fingerprint density at radius 1 is 1.11 bits per heavy atom. The van der Waals surface area contributed by atoms with Gasteiger partial charge in [0.05, 0.1) is 0 Å². The minimum absolute atomic E-state index is 0.0804. The molecule has 0 aliphatic rings. The van der Waals surface area contributed by atoms with Crippen LogP contribution in [-0.4, -0.2) is 12.0 Å². The number of rotatable bonds is 4. The number of nitrogens with zero attached hydrogens (tertiary/aromatic N) is 1. The summed E-state index contributed by atoms with van der Waals surface area (Å²) in [6.07, 6.45) is 3.84. The summed E-state index contributed by atoms with van der Waals surface area (Å²) < 4.78 is 27.4. The third-order valence-corrected chi connectivity index (χ3v) is 2.89. The van der Waals surface area contributed by atoms with Crippen molar-refractivity contribution >= 4 is 0 Å². The fourth-order valence-corrected chi connectivity index (χ4v) is 1.95. The van der Waals surface area contributed by atoms with Crippen LogP contribution in [0.2, 0.25) is 0 Å². The smallest absolute Gasteiger partial charge is 0.130 e. The van der Waals surface area contributed by atoms with Gasteiger partial charge in [0.2, 0.25) is 0 Å². The van der Waals surface area contributed by atoms with Crippen molar-refractivity contribution < 1.29 is 8.78 Å². The average molecular weight is 248 g/mol. The monoisotopic (exact) mass is 248 g/mol. The SMILES string of the molecule is CNC(Cc1ccncc1)c1c(F)cccc1F. The van der Waals surface area contributed by atoms with E-state index < -0.39 is 17.7 Å². The van der Waals surface area contributed by atoms with Gasteiger partial charge in [-0.25, -0.2) is 8.78 Å². The van der Waals surface area contributed by atoms with Crippen molar-refractivity contribution in [2.45, 2.75) is 12.5 Å². The highest BCUT2D eigenvalue weighted by molar-refractivity contribution is 5.25. The molecule has 1 heterocycles. The number of halogens is 2. The molecule has 1 aromatic heterocycles. The molecule has 18 heavy (non-hydrogen) atoms. The molecule has 0 spiro atoms. The predicted octanol–water partition coefficient (Wildman–Crippen LogP) is 2.86. The Labute approximate surface area is 105 Å². The zero-order chi connectivity index (χ0) is 13.0. The van der Waals surface area contributed by atoms with Gasteiger partial charge in [-0.2, -0.15) is 0 Å². The number of pyridine rings is 1. The van der Waals surface area contributed by atoms with Crippen LogP contribution in [0.15, 0.2) is 42.7 Å². The van der Waals surface area contributed by atoms with Gasteiger partial charge in [0.1, 0.15) is 11.6 Å². The van der Waals surface area contributed by atoms with Crippen molar-refractivity contribution in [3.05, 3.63) is 65.5 Å². The van der Waals surface area contributed by atoms with E-state index in [0.29, 0.717) is 6.42 Å². The Morgan fingerprint density at radius 3 is 2.28 bits per heavy atom. The largest absolute Gasteiger partial charge is 0.313 e. The molecule has 0 aliphatic carbocycles. The molecular formula is C14H14F2N2. The van der Waals surface area contributed by atoms with Crippen LogP contribution < -0.4 is 5.32 Å². The first-order valence-electron chi connectivity index (χ1n) is 5.72. The molecule has 2 aromatic rings. The Kier molecular flexibility index (Phi) is 3.99. The molecule has 2 rings (SSSR count). The lowest BCUT2D eigenvalue weighted by molar-refractivity contribution is 0.489. The minimum atomic E-state index is -0.525. The third kappa shape index (κ3) is 2.71. The highest BCUT2D eigenvalue weighted by Crippen LogP contribution is 2.23. The second kappa shape index (κ2) is 5.69. The van der Waals surface area contributed by atoms with Crippen LogP contribution in [0, 0.1) is 11.6 Å². The van der Waals surface area contributed by atoms with E-state index in [2.05, 4.69) is 10.3 Å². The van der Waals surface area contributed by atoms with Crippen molar-refractivity contribution in [3.8, 4) is 0 Å². The fourth-order valence-electron chi connectivity index (χ4n) is 1.95. The summed E-state index contributed by atoms with van der Waals surface area (Å²) in [4.78, 5) is 3.92. The summed E-state index contributed by atoms with van der Waals surface area (Å²) in [5, 5.41) is 2.95. The molecule has 4 heteroatoms. The third-order valence-electron chi connectivity index (χ3n) is 2.89. The molecule has 0 amide bonds. The van der Waals surface area contributed by atoms with E-state index in [1.807, 2.05) is 12.1 Å². The molecule has 2 nitrogen and oxygen atoms in total. The molecule has 0 fully saturated rings. The van der Waals surface area contributed by atoms with Crippen LogP contribution in [0.4, 0.5) is 8.78 Å². The van der Waals surface area contributed by atoms with Gasteiger partial charge in [-0.1, -0.05) is 6.07 Å². The number of benzene rings is 1. The molecule has 1 aromatic carbocycles. The average Bonchev–Trinajstić information content (AvgIpc) is 2.38. The van der Waals surface area contributed by atoms with Gasteiger partial charge in [-0.3, -0.25) is 4.98 Å². The molecule has 0 radical (unpaired) electrons. The van der Waals surface area contributed by atoms with Crippen molar-refractivity contribution in [1.82, 2.24) is 10.3 Å². The quantitative estimate of drug-likeness (QED) is 0.900. The van der Waals surface area contributed by atoms with Gasteiger partial charge in [0, 0.05) is 24.0 Å². The van der Waals surface area contributed by atoms with E-state index >= 15 is 0 Å². The van der Waals surface area contributed by atoms with Crippen LogP contribution in [0.3, 0.4) is 0 Å². The van der Waals surface area contributed by atoms with Crippen LogP contribution in [0.25, 0.3) is 0 Å². The maximum absolute atomic E-state index is 13.7. The van der Waals surface area contributed by atoms with E-state index in [9.17, 15) is 8.78 Å². The first-order valence-corrected chi connectivity index (χ1v) is 5.72. The normalized spacial score (nSPS) is 12.4. The first-order chi connectivity index (χ1) is 8.72. The lowest BCUT2D eigenvalue weighted by Gasteiger charge is -2.18. The van der Waals surface area contributed by atoms with Crippen LogP contribution >= 0.6 is 0 Å². The molecule has 0 aliphatic heterocycles. The minimum Gasteiger partial charge on any atom is -0.313 e. The lowest BCUT2D eigenvalue weighted by atomic mass is 9.98. The Balaban J connectivity index is 2.29. The van der Waals surface area contributed by atoms with Crippen molar-refractivity contribution in [1.29, 1.82) is 0 Å². The van der Waals surface area contributed by atoms with E-state index in [-0.39, 0.29) is 5.56 Å². The molecule has 0 saturated heterocycles. The number of aromatic nitrogens is 1. The Morgan fingerprint density at radius 2 is 1.72 bits per heavy atom. The highest BCUT2D eigenvalue weighted by atomic mass is 19.1. The highest BCUT2D eigenvalue weighted by Gasteiger charge is 2.18. The first kappa shape index (κ1) is 12.6. The summed E-state index contributed by atoms with van der Waals surface area (Å²) in [5.74, 6) is -1.05. The maximum atomic E-state index is 13.7. The second-order valence-electron chi connectivity index (χ2n) is 4.04. The maximum Gasteiger partial charge on any atom is 0.130 e. The Hall–Kier alpha value is -1.81. The Bertz CT molecular complexity index is 494. The van der Waals surface area contributed by atoms with Crippen LogP contribution in [0.1, 0.15) is 17.2 Å². The standard InChI is InChI=1S/C14H14F2N2/c1-17-13(9-10-5-7-18-8-6-10)14-11(15)3-2-4-12(14)16/h2-8,13,17H,9H2,1H3. The molecule has 0 bridgehead atoms. The molecule has 1 unspecified atom stereocenters. The van der Waals surface area contributed by atoms with Gasteiger partial charge >= 0.3 is 0 Å². The van der Waals surface area contributed by atoms with Crippen molar-refractivity contribution in [3.63, 3.8) is 0 Å². The number of nitrogens with one attached hydrogen (secondary N) is 1. The number of hydrogen-bond donors (Lipinski definition) is 1. The van der Waals surface area contributed by atoms with Crippen molar-refractivity contribution in [2.75, 3.05) is 7.05 Å². The summed E-state index contributed by atoms with van der Waals surface area (Å²) in [6, 6.07) is 7.19. The van der Waals surface area contributed by atoms with Crippen LogP contribution in [0.5, 0.6) is 0 Å². The molecular weight excluding hydrogens is 234 g/mol. The number of hydrogen-bond acceptors (Lipinski definition) is 2. The molecule has 1 atom stereocenters. The zero-order valence-corrected chi connectivity index (χ0v) is 10.0. The lowest BCUT2D eigenvalue weighted by Crippen LogP contribution is -2.21. The fraction of sp³-hybridized carbons (Fsp3) is 0.214. The van der Waals surface area contributed by atoms with E-state index in [1.54, 1.807) is 19.4 Å². The second-order valence-corrected chi connectivity index (χ2v) is 4.04. The van der Waals surface area contributed by atoms with Gasteiger partial charge in [0.25, 0.3) is 0 Å². The van der Waals surface area contributed by atoms with Gasteiger partial charge < -0.3 is 5.32 Å². The van der Waals surface area contributed by atoms with E-state index in [0.717, 1.165) is 5.56 Å². The topological polar surface area (TPSA) is 24.9 Å². The van der Waals surface area contributed by atoms with Gasteiger partial charge in [-0.05, 0) is 43.3 Å². The predicted molar refractivity (Wildman–Crippen MR) is 66.1 cm³/mol. The van der Waals surface area contributed by atoms with Crippen LogP contribution in [-0.2, 0) is 6.42 Å². The van der Waals surface area contributed by atoms with Gasteiger partial charge in [-0.15, -0.1) is 0 Å². The zero-order valence-electron chi connectivity index (χ0n) is 10.0. The number of likely N-dealkylation sites (N-methyl/N-ethyl adjacent to an activating group) is 1. The summed E-state index contributed by atoms with van der Waals surface area (Å²) in [6.45, 7) is 0. The summed E-state index contributed by atoms with van der Waals surface area (Å²) >= 11 is 0. The van der Waals surface area contributed by atoms with Crippen molar-refractivity contribution in [2.24, 2.45) is 0 Å². The summed E-state index contributed by atoms with van der Waals surface area (Å²) in [5.41, 5.74) is 1.06. The van der Waals surface area contributed by atoms with E-state index in [4.69, 9.17) is 0 Å². The molecule has 1 N–H and O–H groups in total. The summed E-state index contributed by atoms with van der Waals surface area (Å²) in [7, 11) is 1.69. The molecule has 0 saturated carbocycles. The van der Waals surface area contributed by atoms with E-state index in [1.165, 1.54) is 18.2 Å².